The summed E-state index contributed by atoms with van der Waals surface area (Å²) in [7, 11) is 1.28. The van der Waals surface area contributed by atoms with Crippen LogP contribution in [0.2, 0.25) is 0 Å². The summed E-state index contributed by atoms with van der Waals surface area (Å²) in [5.74, 6) is -0.910. The Kier molecular flexibility index (Phi) is 5.95. The predicted octanol–water partition coefficient (Wildman–Crippen LogP) is 3.31. The standard InChI is InChI=1S/C14H18Br2N2O3/c1-14(2,3)11(17)12(19)18-10-8(13(20)21-4)5-7(15)6-9(10)16/h5-6,11H,17H2,1-4H3,(H,18,19). The van der Waals surface area contributed by atoms with E-state index in [9.17, 15) is 9.59 Å². The van der Waals surface area contributed by atoms with Gasteiger partial charge in [-0.3, -0.25) is 4.79 Å². The molecule has 0 saturated heterocycles. The highest BCUT2D eigenvalue weighted by atomic mass is 79.9. The second kappa shape index (κ2) is 6.89. The summed E-state index contributed by atoms with van der Waals surface area (Å²) >= 11 is 6.63. The molecule has 116 valence electrons. The van der Waals surface area contributed by atoms with Crippen LogP contribution >= 0.6 is 31.9 Å². The van der Waals surface area contributed by atoms with Crippen molar-refractivity contribution in [2.24, 2.45) is 11.1 Å². The van der Waals surface area contributed by atoms with Crippen molar-refractivity contribution in [1.29, 1.82) is 0 Å². The van der Waals surface area contributed by atoms with Crippen molar-refractivity contribution in [1.82, 2.24) is 0 Å². The second-order valence-corrected chi connectivity index (χ2v) is 7.40. The van der Waals surface area contributed by atoms with Gasteiger partial charge in [0.15, 0.2) is 0 Å². The van der Waals surface area contributed by atoms with Crippen molar-refractivity contribution < 1.29 is 14.3 Å². The molecule has 1 aromatic carbocycles. The summed E-state index contributed by atoms with van der Waals surface area (Å²) in [6, 6.07) is 2.60. The molecule has 0 aliphatic heterocycles. The number of methoxy groups -OCH3 is 1. The summed E-state index contributed by atoms with van der Waals surface area (Å²) in [5, 5.41) is 2.70. The van der Waals surface area contributed by atoms with Crippen LogP contribution in [-0.2, 0) is 9.53 Å². The van der Waals surface area contributed by atoms with Crippen LogP contribution < -0.4 is 11.1 Å². The van der Waals surface area contributed by atoms with Gasteiger partial charge in [0.1, 0.15) is 0 Å². The third-order valence-corrected chi connectivity index (χ3v) is 4.01. The van der Waals surface area contributed by atoms with Crippen LogP contribution in [0.15, 0.2) is 21.1 Å². The van der Waals surface area contributed by atoms with Crippen LogP contribution in [0.4, 0.5) is 5.69 Å². The van der Waals surface area contributed by atoms with Crippen LogP contribution in [0, 0.1) is 5.41 Å². The number of carbonyl (C=O) groups excluding carboxylic acids is 2. The second-order valence-electron chi connectivity index (χ2n) is 5.63. The SMILES string of the molecule is COC(=O)c1cc(Br)cc(Br)c1NC(=O)C(N)C(C)(C)C. The lowest BCUT2D eigenvalue weighted by Crippen LogP contribution is -2.45. The normalized spacial score (nSPS) is 12.7. The van der Waals surface area contributed by atoms with Gasteiger partial charge < -0.3 is 15.8 Å². The highest BCUT2D eigenvalue weighted by Crippen LogP contribution is 2.32. The lowest BCUT2D eigenvalue weighted by atomic mass is 9.87. The Labute approximate surface area is 140 Å². The molecule has 0 aromatic heterocycles. The van der Waals surface area contributed by atoms with E-state index < -0.39 is 17.4 Å². The van der Waals surface area contributed by atoms with E-state index >= 15 is 0 Å². The largest absolute Gasteiger partial charge is 0.465 e. The molecule has 1 atom stereocenters. The Bertz CT molecular complexity index is 568. The van der Waals surface area contributed by atoms with Gasteiger partial charge in [-0.1, -0.05) is 36.7 Å². The fourth-order valence-electron chi connectivity index (χ4n) is 1.57. The highest BCUT2D eigenvalue weighted by Gasteiger charge is 2.29. The molecule has 7 heteroatoms. The van der Waals surface area contributed by atoms with Gasteiger partial charge in [0.2, 0.25) is 5.91 Å². The third-order valence-electron chi connectivity index (χ3n) is 2.92. The number of hydrogen-bond donors (Lipinski definition) is 2. The smallest absolute Gasteiger partial charge is 0.340 e. The topological polar surface area (TPSA) is 81.4 Å². The molecule has 0 aliphatic rings. The Morgan fingerprint density at radius 1 is 1.29 bits per heavy atom. The van der Waals surface area contributed by atoms with E-state index in [0.29, 0.717) is 14.6 Å². The maximum Gasteiger partial charge on any atom is 0.340 e. The van der Waals surface area contributed by atoms with Crippen LogP contribution in [-0.4, -0.2) is 25.0 Å². The Balaban J connectivity index is 3.19. The fraction of sp³-hybridized carbons (Fsp3) is 0.429. The maximum absolute atomic E-state index is 12.2. The third kappa shape index (κ3) is 4.52. The fourth-order valence-corrected chi connectivity index (χ4v) is 2.89. The molecule has 1 rings (SSSR count). The number of anilines is 1. The summed E-state index contributed by atoms with van der Waals surface area (Å²) < 4.78 is 5.98. The Morgan fingerprint density at radius 3 is 2.33 bits per heavy atom. The van der Waals surface area contributed by atoms with E-state index in [0.717, 1.165) is 0 Å². The first-order chi connectivity index (χ1) is 9.57. The number of rotatable bonds is 3. The first kappa shape index (κ1) is 18.1. The number of nitrogens with two attached hydrogens (primary N) is 1. The lowest BCUT2D eigenvalue weighted by Gasteiger charge is -2.26. The molecule has 0 bridgehead atoms. The summed E-state index contributed by atoms with van der Waals surface area (Å²) in [4.78, 5) is 24.1. The molecule has 0 fully saturated rings. The van der Waals surface area contributed by atoms with Crippen molar-refractivity contribution in [2.75, 3.05) is 12.4 Å². The minimum Gasteiger partial charge on any atom is -0.465 e. The monoisotopic (exact) mass is 420 g/mol. The predicted molar refractivity (Wildman–Crippen MR) is 89.2 cm³/mol. The zero-order valence-corrected chi connectivity index (χ0v) is 15.5. The van der Waals surface area contributed by atoms with Crippen molar-refractivity contribution in [3.05, 3.63) is 26.6 Å². The molecule has 0 saturated carbocycles. The number of benzene rings is 1. The van der Waals surface area contributed by atoms with Gasteiger partial charge in [0, 0.05) is 8.95 Å². The van der Waals surface area contributed by atoms with Crippen LogP contribution in [0.5, 0.6) is 0 Å². The quantitative estimate of drug-likeness (QED) is 0.733. The maximum atomic E-state index is 12.2. The number of hydrogen-bond acceptors (Lipinski definition) is 4. The van der Waals surface area contributed by atoms with Crippen molar-refractivity contribution in [3.8, 4) is 0 Å². The van der Waals surface area contributed by atoms with Gasteiger partial charge in [0.25, 0.3) is 0 Å². The van der Waals surface area contributed by atoms with E-state index in [4.69, 9.17) is 10.5 Å². The molecule has 5 nitrogen and oxygen atoms in total. The van der Waals surface area contributed by atoms with E-state index in [1.165, 1.54) is 7.11 Å². The van der Waals surface area contributed by atoms with Crippen molar-refractivity contribution in [3.63, 3.8) is 0 Å². The molecular formula is C14H18Br2N2O3. The van der Waals surface area contributed by atoms with Gasteiger partial charge in [-0.15, -0.1) is 0 Å². The van der Waals surface area contributed by atoms with Gasteiger partial charge in [-0.25, -0.2) is 4.79 Å². The molecule has 1 amide bonds. The van der Waals surface area contributed by atoms with E-state index in [1.807, 2.05) is 20.8 Å². The lowest BCUT2D eigenvalue weighted by molar-refractivity contribution is -0.119. The number of carbonyl (C=O) groups is 2. The zero-order valence-electron chi connectivity index (χ0n) is 12.3. The number of esters is 1. The number of nitrogens with one attached hydrogen (secondary N) is 1. The van der Waals surface area contributed by atoms with Crippen LogP contribution in [0.1, 0.15) is 31.1 Å². The molecule has 3 N–H and O–H groups in total. The average Bonchev–Trinajstić information content (AvgIpc) is 2.38. The molecule has 0 heterocycles. The molecule has 21 heavy (non-hydrogen) atoms. The number of halogens is 2. The summed E-state index contributed by atoms with van der Waals surface area (Å²) in [6.45, 7) is 5.61. The minimum atomic E-state index is -0.710. The van der Waals surface area contributed by atoms with Crippen molar-refractivity contribution in [2.45, 2.75) is 26.8 Å². The molecular weight excluding hydrogens is 404 g/mol. The van der Waals surface area contributed by atoms with E-state index in [1.54, 1.807) is 12.1 Å². The molecule has 1 aromatic rings. The van der Waals surface area contributed by atoms with Crippen molar-refractivity contribution >= 4 is 49.4 Å². The Morgan fingerprint density at radius 2 is 1.86 bits per heavy atom. The summed E-state index contributed by atoms with van der Waals surface area (Å²) in [5.41, 5.74) is 6.12. The Hall–Kier alpha value is -0.920. The van der Waals surface area contributed by atoms with Gasteiger partial charge in [-0.05, 0) is 33.5 Å². The van der Waals surface area contributed by atoms with Gasteiger partial charge >= 0.3 is 5.97 Å². The summed E-state index contributed by atoms with van der Waals surface area (Å²) in [6.07, 6.45) is 0. The molecule has 1 unspecified atom stereocenters. The van der Waals surface area contributed by atoms with Crippen LogP contribution in [0.25, 0.3) is 0 Å². The first-order valence-electron chi connectivity index (χ1n) is 6.21. The minimum absolute atomic E-state index is 0.244. The highest BCUT2D eigenvalue weighted by molar-refractivity contribution is 9.11. The van der Waals surface area contributed by atoms with E-state index in [2.05, 4.69) is 37.2 Å². The van der Waals surface area contributed by atoms with Gasteiger partial charge in [-0.2, -0.15) is 0 Å². The number of amides is 1. The number of ether oxygens (including phenoxy) is 1. The molecule has 0 radical (unpaired) electrons. The average molecular weight is 422 g/mol. The first-order valence-corrected chi connectivity index (χ1v) is 7.80. The van der Waals surface area contributed by atoms with E-state index in [-0.39, 0.29) is 11.5 Å². The van der Waals surface area contributed by atoms with Gasteiger partial charge in [0.05, 0.1) is 24.4 Å². The van der Waals surface area contributed by atoms with Crippen LogP contribution in [0.3, 0.4) is 0 Å². The molecule has 0 spiro atoms. The zero-order chi connectivity index (χ0) is 16.4. The molecule has 0 aliphatic carbocycles.